The molecule has 0 heterocycles. The van der Waals surface area contributed by atoms with Gasteiger partial charge in [0.25, 0.3) is 0 Å². The average Bonchev–Trinajstić information content (AvgIpc) is 1.66. The van der Waals surface area contributed by atoms with Crippen LogP contribution in [-0.2, 0) is 0 Å². The Bertz CT molecular complexity index is 45.8. The topological polar surface area (TPSA) is 26.0 Å². The van der Waals surface area contributed by atoms with Crippen LogP contribution in [-0.4, -0.2) is 6.54 Å². The molecule has 0 aliphatic heterocycles. The molecule has 2 N–H and O–H groups in total. The highest BCUT2D eigenvalue weighted by molar-refractivity contribution is 4.44. The molecular weight excluding hydrogens is 86.1 g/mol. The molecule has 1 heteroatoms. The molecule has 0 rings (SSSR count). The van der Waals surface area contributed by atoms with Crippen molar-refractivity contribution in [3.05, 3.63) is 0 Å². The van der Waals surface area contributed by atoms with Crippen LogP contribution in [0.2, 0.25) is 1.41 Å². The molecule has 0 aliphatic carbocycles. The molecule has 0 saturated heterocycles. The zero-order valence-electron chi connectivity index (χ0n) is 6.20. The predicted molar refractivity (Wildman–Crippen MR) is 33.1 cm³/mol. The van der Waals surface area contributed by atoms with E-state index in [1.807, 2.05) is 0 Å². The lowest BCUT2D eigenvalue weighted by Crippen LogP contribution is -1.99. The first-order chi connectivity index (χ1) is 3.77. The monoisotopic (exact) mass is 102 g/mol. The van der Waals surface area contributed by atoms with Crippen molar-refractivity contribution < 1.29 is 1.41 Å². The fourth-order valence-corrected chi connectivity index (χ4v) is 0.510. The van der Waals surface area contributed by atoms with E-state index in [4.69, 9.17) is 1.41 Å². The van der Waals surface area contributed by atoms with Crippen LogP contribution in [0.25, 0.3) is 0 Å². The Balaban J connectivity index is 2.72. The van der Waals surface area contributed by atoms with Gasteiger partial charge in [-0.15, -0.1) is 0 Å². The molecule has 0 saturated carbocycles. The van der Waals surface area contributed by atoms with Gasteiger partial charge in [-0.1, -0.05) is 13.8 Å². The minimum atomic E-state index is 0.781. The van der Waals surface area contributed by atoms with Crippen LogP contribution in [0.5, 0.6) is 0 Å². The number of nitrogens with two attached hydrogens (primary N) is 1. The Morgan fingerprint density at radius 2 is 2.43 bits per heavy atom. The number of hydrogen-bond acceptors (Lipinski definition) is 1. The van der Waals surface area contributed by atoms with Gasteiger partial charge in [0.2, 0.25) is 0 Å². The second-order valence-corrected chi connectivity index (χ2v) is 2.29. The lowest BCUT2D eigenvalue weighted by Gasteiger charge is -1.98. The van der Waals surface area contributed by atoms with Gasteiger partial charge in [-0.3, -0.25) is 0 Å². The van der Waals surface area contributed by atoms with Gasteiger partial charge in [0.1, 0.15) is 1.41 Å². The highest BCUT2D eigenvalue weighted by atomic mass is 14.5. The van der Waals surface area contributed by atoms with Crippen molar-refractivity contribution >= 4 is 0 Å². The molecule has 1 nitrogen and oxygen atoms in total. The average molecular weight is 102 g/mol. The fourth-order valence-electron chi connectivity index (χ4n) is 0.510. The second-order valence-electron chi connectivity index (χ2n) is 2.29. The highest BCUT2D eigenvalue weighted by Crippen LogP contribution is 2.00. The number of rotatable bonds is 4. The fraction of sp³-hybridized carbons (Fsp3) is 1.00. The maximum absolute atomic E-state index is 6.60. The van der Waals surface area contributed by atoms with Gasteiger partial charge in [0.05, 0.1) is 0 Å². The zero-order valence-corrected chi connectivity index (χ0v) is 5.20. The third-order valence-electron chi connectivity index (χ3n) is 0.958. The molecule has 0 aromatic rings. The molecule has 0 bridgehead atoms. The standard InChI is InChI=1S/C6H15N/c1-6(2)4-3-5-7/h6H,3-5,7H2,1-2H3/i/hD. The molecule has 0 atom stereocenters. The van der Waals surface area contributed by atoms with Crippen LogP contribution < -0.4 is 5.73 Å². The van der Waals surface area contributed by atoms with Gasteiger partial charge in [-0.05, 0) is 25.3 Å². The maximum atomic E-state index is 6.60. The molecule has 0 radical (unpaired) electrons. The normalized spacial score (nSPS) is 12.1. The summed E-state index contributed by atoms with van der Waals surface area (Å²) in [5.74, 6) is 0.781. The van der Waals surface area contributed by atoms with E-state index in [2.05, 4.69) is 19.6 Å². The van der Waals surface area contributed by atoms with Crippen LogP contribution in [0.1, 0.15) is 26.7 Å². The molecule has 0 aromatic carbocycles. The lowest BCUT2D eigenvalue weighted by molar-refractivity contribution is 0.561. The molecule has 0 unspecified atom stereocenters. The molecule has 7 heavy (non-hydrogen) atoms. The van der Waals surface area contributed by atoms with E-state index < -0.39 is 0 Å². The smallest absolute Gasteiger partial charge is 0.118 e. The Morgan fingerprint density at radius 1 is 1.71 bits per heavy atom. The highest BCUT2D eigenvalue weighted by Gasteiger charge is 1.88. The quantitative estimate of drug-likeness (QED) is 0.533. The van der Waals surface area contributed by atoms with Crippen molar-refractivity contribution in [2.24, 2.45) is 11.6 Å². The third kappa shape index (κ3) is 5.96. The van der Waals surface area contributed by atoms with Crippen LogP contribution in [0.4, 0.5) is 0 Å². The summed E-state index contributed by atoms with van der Waals surface area (Å²) in [4.78, 5) is 0. The van der Waals surface area contributed by atoms with Crippen LogP contribution in [0.15, 0.2) is 0 Å². The molecule has 0 amide bonds. The van der Waals surface area contributed by atoms with E-state index in [0.717, 1.165) is 18.9 Å². The van der Waals surface area contributed by atoms with Crippen molar-refractivity contribution in [1.29, 1.82) is 0 Å². The SMILES string of the molecule is [2H]NCCCC(C)C. The van der Waals surface area contributed by atoms with Crippen LogP contribution in [0.3, 0.4) is 0 Å². The minimum Gasteiger partial charge on any atom is -0.330 e. The minimum absolute atomic E-state index is 0.781. The summed E-state index contributed by atoms with van der Waals surface area (Å²) < 4.78 is 6.60. The van der Waals surface area contributed by atoms with E-state index >= 15 is 0 Å². The van der Waals surface area contributed by atoms with Gasteiger partial charge >= 0.3 is 0 Å². The van der Waals surface area contributed by atoms with E-state index in [9.17, 15) is 0 Å². The summed E-state index contributed by atoms with van der Waals surface area (Å²) in [6.45, 7) is 5.23. The Hall–Kier alpha value is -0.0400. The van der Waals surface area contributed by atoms with Crippen LogP contribution in [0, 0.1) is 5.92 Å². The van der Waals surface area contributed by atoms with E-state index in [1.165, 1.54) is 6.42 Å². The van der Waals surface area contributed by atoms with Crippen molar-refractivity contribution in [3.63, 3.8) is 0 Å². The van der Waals surface area contributed by atoms with Crippen molar-refractivity contribution in [3.8, 4) is 0 Å². The van der Waals surface area contributed by atoms with Gasteiger partial charge < -0.3 is 5.73 Å². The first-order valence-corrected chi connectivity index (χ1v) is 2.92. The van der Waals surface area contributed by atoms with E-state index in [-0.39, 0.29) is 0 Å². The van der Waals surface area contributed by atoms with Gasteiger partial charge in [0.15, 0.2) is 0 Å². The van der Waals surface area contributed by atoms with Crippen molar-refractivity contribution in [2.45, 2.75) is 26.7 Å². The van der Waals surface area contributed by atoms with Crippen LogP contribution >= 0.6 is 0 Å². The maximum Gasteiger partial charge on any atom is 0.118 e. The van der Waals surface area contributed by atoms with Gasteiger partial charge in [0, 0.05) is 0 Å². The first kappa shape index (κ1) is 5.10. The predicted octanol–water partition coefficient (Wildman–Crippen LogP) is 1.38. The summed E-state index contributed by atoms with van der Waals surface area (Å²) in [5, 5.41) is 0. The molecule has 0 aliphatic rings. The summed E-state index contributed by atoms with van der Waals surface area (Å²) in [7, 11) is 0. The lowest BCUT2D eigenvalue weighted by atomic mass is 10.1. The Morgan fingerprint density at radius 3 is 2.86 bits per heavy atom. The molecule has 0 spiro atoms. The largest absolute Gasteiger partial charge is 0.330 e. The Kier molecular flexibility index (Phi) is 3.01. The summed E-state index contributed by atoms with van der Waals surface area (Å²) in [6.07, 6.45) is 2.35. The molecule has 0 aromatic heterocycles. The van der Waals surface area contributed by atoms with E-state index in [0.29, 0.717) is 0 Å². The van der Waals surface area contributed by atoms with Gasteiger partial charge in [-0.2, -0.15) is 0 Å². The van der Waals surface area contributed by atoms with Crippen molar-refractivity contribution in [1.82, 2.24) is 0 Å². The van der Waals surface area contributed by atoms with Gasteiger partial charge in [-0.25, -0.2) is 0 Å². The van der Waals surface area contributed by atoms with E-state index in [1.54, 1.807) is 0 Å². The number of hydrogen-bond donors (Lipinski definition) is 1. The first-order valence-electron chi connectivity index (χ1n) is 3.42. The van der Waals surface area contributed by atoms with Crippen molar-refractivity contribution in [2.75, 3.05) is 6.54 Å². The molecular formula is C6H15N. The molecule has 44 valence electrons. The second kappa shape index (κ2) is 4.13. The summed E-state index contributed by atoms with van der Waals surface area (Å²) in [6, 6.07) is 0. The Labute approximate surface area is 47.4 Å². The summed E-state index contributed by atoms with van der Waals surface area (Å²) in [5.41, 5.74) is 2.37. The zero-order chi connectivity index (χ0) is 6.41. The summed E-state index contributed by atoms with van der Waals surface area (Å²) >= 11 is 0. The molecule has 0 fully saturated rings. The third-order valence-corrected chi connectivity index (χ3v) is 0.958.